The number of alkyl halides is 1. The second kappa shape index (κ2) is 9.16. The summed E-state index contributed by atoms with van der Waals surface area (Å²) in [5, 5.41) is 0. The SMILES string of the molecule is CC(C)CC1(C[C@@H](C)[C@@H](CCI)CC2OCCO2)OCCO1. The van der Waals surface area contributed by atoms with E-state index in [1.165, 1.54) is 10.8 Å². The van der Waals surface area contributed by atoms with E-state index in [2.05, 4.69) is 43.4 Å². The highest BCUT2D eigenvalue weighted by atomic mass is 127. The van der Waals surface area contributed by atoms with Crippen LogP contribution < -0.4 is 0 Å². The molecule has 0 N–H and O–H groups in total. The van der Waals surface area contributed by atoms with Gasteiger partial charge < -0.3 is 18.9 Å². The molecule has 0 aromatic heterocycles. The van der Waals surface area contributed by atoms with Crippen molar-refractivity contribution in [3.63, 3.8) is 0 Å². The summed E-state index contributed by atoms with van der Waals surface area (Å²) in [6.07, 6.45) is 4.12. The summed E-state index contributed by atoms with van der Waals surface area (Å²) in [5.41, 5.74) is 0. The third kappa shape index (κ3) is 5.58. The smallest absolute Gasteiger partial charge is 0.169 e. The molecule has 130 valence electrons. The largest absolute Gasteiger partial charge is 0.350 e. The van der Waals surface area contributed by atoms with Gasteiger partial charge in [0.1, 0.15) is 0 Å². The van der Waals surface area contributed by atoms with Crippen LogP contribution in [0.15, 0.2) is 0 Å². The predicted octanol–water partition coefficient (Wildman–Crippen LogP) is 4.01. The second-order valence-corrected chi connectivity index (χ2v) is 8.11. The molecule has 0 amide bonds. The zero-order valence-electron chi connectivity index (χ0n) is 14.2. The lowest BCUT2D eigenvalue weighted by Crippen LogP contribution is -2.36. The fourth-order valence-electron chi connectivity index (χ4n) is 3.66. The molecule has 0 spiro atoms. The van der Waals surface area contributed by atoms with Crippen LogP contribution in [0.2, 0.25) is 0 Å². The maximum Gasteiger partial charge on any atom is 0.169 e. The molecule has 0 saturated carbocycles. The van der Waals surface area contributed by atoms with Gasteiger partial charge in [-0.15, -0.1) is 0 Å². The average Bonchev–Trinajstić information content (AvgIpc) is 3.09. The van der Waals surface area contributed by atoms with E-state index in [4.69, 9.17) is 18.9 Å². The van der Waals surface area contributed by atoms with Gasteiger partial charge >= 0.3 is 0 Å². The van der Waals surface area contributed by atoms with Crippen LogP contribution in [0.4, 0.5) is 0 Å². The molecule has 0 bridgehead atoms. The molecule has 2 atom stereocenters. The summed E-state index contributed by atoms with van der Waals surface area (Å²) in [5.74, 6) is 1.35. The van der Waals surface area contributed by atoms with Crippen LogP contribution in [0, 0.1) is 17.8 Å². The summed E-state index contributed by atoms with van der Waals surface area (Å²) < 4.78 is 24.5. The van der Waals surface area contributed by atoms with E-state index in [-0.39, 0.29) is 12.1 Å². The normalized spacial score (nSPS) is 25.0. The first-order valence-corrected chi connectivity index (χ1v) is 10.1. The molecule has 0 aromatic rings. The molecular weight excluding hydrogens is 395 g/mol. The molecule has 0 unspecified atom stereocenters. The number of ether oxygens (including phenoxy) is 4. The van der Waals surface area contributed by atoms with Crippen molar-refractivity contribution >= 4 is 22.6 Å². The summed E-state index contributed by atoms with van der Waals surface area (Å²) in [6, 6.07) is 0. The molecule has 2 fully saturated rings. The van der Waals surface area contributed by atoms with Crippen molar-refractivity contribution < 1.29 is 18.9 Å². The zero-order valence-corrected chi connectivity index (χ0v) is 16.3. The first-order chi connectivity index (χ1) is 10.5. The van der Waals surface area contributed by atoms with E-state index in [1.807, 2.05) is 0 Å². The van der Waals surface area contributed by atoms with Gasteiger partial charge in [0.05, 0.1) is 26.4 Å². The molecule has 0 aliphatic carbocycles. The number of hydrogen-bond donors (Lipinski definition) is 0. The van der Waals surface area contributed by atoms with Crippen molar-refractivity contribution in [3.05, 3.63) is 0 Å². The molecule has 5 heteroatoms. The Morgan fingerprint density at radius 2 is 1.64 bits per heavy atom. The molecular formula is C17H31IO4. The monoisotopic (exact) mass is 426 g/mol. The number of hydrogen-bond acceptors (Lipinski definition) is 4. The molecule has 4 nitrogen and oxygen atoms in total. The number of halogens is 1. The number of rotatable bonds is 9. The fourth-order valence-corrected chi connectivity index (χ4v) is 4.46. The Morgan fingerprint density at radius 3 is 2.18 bits per heavy atom. The highest BCUT2D eigenvalue weighted by Crippen LogP contribution is 2.38. The van der Waals surface area contributed by atoms with Gasteiger partial charge in [0.25, 0.3) is 0 Å². The zero-order chi connectivity index (χ0) is 16.0. The van der Waals surface area contributed by atoms with Crippen LogP contribution in [-0.2, 0) is 18.9 Å². The lowest BCUT2D eigenvalue weighted by molar-refractivity contribution is -0.184. The van der Waals surface area contributed by atoms with E-state index in [9.17, 15) is 0 Å². The molecule has 2 aliphatic rings. The van der Waals surface area contributed by atoms with E-state index in [0.29, 0.717) is 17.8 Å². The van der Waals surface area contributed by atoms with Crippen molar-refractivity contribution in [1.29, 1.82) is 0 Å². The Labute approximate surface area is 148 Å². The first-order valence-electron chi connectivity index (χ1n) is 8.62. The predicted molar refractivity (Wildman–Crippen MR) is 95.2 cm³/mol. The quantitative estimate of drug-likeness (QED) is 0.413. The third-order valence-corrected chi connectivity index (χ3v) is 5.26. The molecule has 0 aromatic carbocycles. The first kappa shape index (κ1) is 18.9. The summed E-state index contributed by atoms with van der Waals surface area (Å²) in [4.78, 5) is 0. The Bertz CT molecular complexity index is 312. The summed E-state index contributed by atoms with van der Waals surface area (Å²) in [7, 11) is 0. The van der Waals surface area contributed by atoms with E-state index in [1.54, 1.807) is 0 Å². The fraction of sp³-hybridized carbons (Fsp3) is 1.00. The Balaban J connectivity index is 1.93. The van der Waals surface area contributed by atoms with Gasteiger partial charge in [-0.2, -0.15) is 0 Å². The Kier molecular flexibility index (Phi) is 7.87. The molecule has 22 heavy (non-hydrogen) atoms. The standard InChI is InChI=1S/C17H31IO4/c1-13(2)11-17(21-8-9-22-17)12-14(3)15(4-5-18)10-16-19-6-7-20-16/h13-16H,4-12H2,1-3H3/t14-,15+/m1/s1. The van der Waals surface area contributed by atoms with Crippen LogP contribution in [-0.4, -0.2) is 42.9 Å². The van der Waals surface area contributed by atoms with Gasteiger partial charge in [0, 0.05) is 19.3 Å². The van der Waals surface area contributed by atoms with E-state index < -0.39 is 0 Å². The van der Waals surface area contributed by atoms with Crippen LogP contribution in [0.3, 0.4) is 0 Å². The molecule has 0 radical (unpaired) electrons. The van der Waals surface area contributed by atoms with Crippen molar-refractivity contribution in [3.8, 4) is 0 Å². The van der Waals surface area contributed by atoms with Gasteiger partial charge in [-0.3, -0.25) is 0 Å². The van der Waals surface area contributed by atoms with Gasteiger partial charge in [0.15, 0.2) is 12.1 Å². The van der Waals surface area contributed by atoms with Crippen LogP contribution in [0.5, 0.6) is 0 Å². The third-order valence-electron chi connectivity index (χ3n) is 4.64. The lowest BCUT2D eigenvalue weighted by Gasteiger charge is -2.35. The van der Waals surface area contributed by atoms with Crippen molar-refractivity contribution in [1.82, 2.24) is 0 Å². The van der Waals surface area contributed by atoms with Gasteiger partial charge in [-0.05, 0) is 28.6 Å². The molecule has 2 aliphatic heterocycles. The molecule has 2 saturated heterocycles. The second-order valence-electron chi connectivity index (χ2n) is 7.03. The summed E-state index contributed by atoms with van der Waals surface area (Å²) in [6.45, 7) is 9.73. The van der Waals surface area contributed by atoms with Gasteiger partial charge in [-0.1, -0.05) is 43.4 Å². The summed E-state index contributed by atoms with van der Waals surface area (Å²) >= 11 is 2.47. The topological polar surface area (TPSA) is 36.9 Å². The maximum atomic E-state index is 6.03. The van der Waals surface area contributed by atoms with E-state index in [0.717, 1.165) is 45.7 Å². The van der Waals surface area contributed by atoms with Crippen LogP contribution in [0.1, 0.15) is 46.5 Å². The minimum absolute atomic E-state index is 0.0122. The van der Waals surface area contributed by atoms with Crippen molar-refractivity contribution in [2.24, 2.45) is 17.8 Å². The van der Waals surface area contributed by atoms with Crippen LogP contribution in [0.25, 0.3) is 0 Å². The van der Waals surface area contributed by atoms with Gasteiger partial charge in [-0.25, -0.2) is 0 Å². The van der Waals surface area contributed by atoms with E-state index >= 15 is 0 Å². The van der Waals surface area contributed by atoms with Gasteiger partial charge in [0.2, 0.25) is 0 Å². The minimum atomic E-state index is -0.367. The molecule has 2 heterocycles. The minimum Gasteiger partial charge on any atom is -0.350 e. The average molecular weight is 426 g/mol. The molecule has 2 rings (SSSR count). The van der Waals surface area contributed by atoms with Crippen LogP contribution >= 0.6 is 22.6 Å². The van der Waals surface area contributed by atoms with Crippen molar-refractivity contribution in [2.45, 2.75) is 58.5 Å². The lowest BCUT2D eigenvalue weighted by atomic mass is 9.82. The van der Waals surface area contributed by atoms with Crippen molar-refractivity contribution in [2.75, 3.05) is 30.9 Å². The Morgan fingerprint density at radius 1 is 1.00 bits per heavy atom. The maximum absolute atomic E-state index is 6.03. The Hall–Kier alpha value is 0.570. The highest BCUT2D eigenvalue weighted by Gasteiger charge is 2.40. The highest BCUT2D eigenvalue weighted by molar-refractivity contribution is 14.1.